The number of thioether (sulfide) groups is 1. The summed E-state index contributed by atoms with van der Waals surface area (Å²) < 4.78 is 21.2. The van der Waals surface area contributed by atoms with E-state index < -0.39 is 9.84 Å². The number of isothiocyanates is 6. The second-order valence-corrected chi connectivity index (χ2v) is 21.0. The summed E-state index contributed by atoms with van der Waals surface area (Å²) in [6, 6.07) is 0.670. The van der Waals surface area contributed by atoms with Crippen molar-refractivity contribution in [2.75, 3.05) is 50.2 Å². The summed E-state index contributed by atoms with van der Waals surface area (Å²) in [6.45, 7) is 10.2. The summed E-state index contributed by atoms with van der Waals surface area (Å²) >= 11 is 28.6. The lowest BCUT2D eigenvalue weighted by atomic mass is 9.83. The molecule has 4 aliphatic carbocycles. The maximum Gasteiger partial charge on any atom is 0.147 e. The van der Waals surface area contributed by atoms with Gasteiger partial charge in [-0.05, 0) is 213 Å². The SMILES string of the molecule is CC(=O)C1CC2CC(N=C=S)C1C2.CC(=O)C1CC2CC1CC2N=C=S.CC(=O)CCCCN=C=S.CCCCCCN=C=S.CS(=O)(=O)CCCCN=C=S.CSCCCCN=C=S. The zero-order valence-electron chi connectivity index (χ0n) is 39.4. The molecule has 0 aromatic heterocycles. The number of hydrogen-bond acceptors (Lipinski definition) is 18. The molecule has 0 heterocycles. The zero-order chi connectivity index (χ0) is 49.3. The van der Waals surface area contributed by atoms with Crippen molar-refractivity contribution in [2.24, 2.45) is 65.5 Å². The average molecular weight is 1050 g/mol. The summed E-state index contributed by atoms with van der Waals surface area (Å²) in [4.78, 5) is 56.2. The monoisotopic (exact) mass is 1040 g/mol. The van der Waals surface area contributed by atoms with E-state index in [0.717, 1.165) is 76.8 Å². The Kier molecular flexibility index (Phi) is 43.5. The van der Waals surface area contributed by atoms with E-state index in [2.05, 4.69) is 147 Å². The first kappa shape index (κ1) is 65.2. The topological polar surface area (TPSA) is 160 Å². The Hall–Kier alpha value is -1.89. The minimum atomic E-state index is -2.80. The second kappa shape index (κ2) is 43.4. The van der Waals surface area contributed by atoms with Crippen LogP contribution in [0.4, 0.5) is 0 Å². The van der Waals surface area contributed by atoms with Crippen molar-refractivity contribution in [2.45, 2.75) is 149 Å². The van der Waals surface area contributed by atoms with E-state index in [4.69, 9.17) is 0 Å². The van der Waals surface area contributed by atoms with Crippen LogP contribution in [-0.2, 0) is 24.2 Å². The van der Waals surface area contributed by atoms with Crippen molar-refractivity contribution >= 4 is 143 Å². The Bertz CT molecular complexity index is 1740. The van der Waals surface area contributed by atoms with Crippen molar-refractivity contribution in [3.05, 3.63) is 0 Å². The molecule has 0 aromatic carbocycles. The van der Waals surface area contributed by atoms with E-state index in [9.17, 15) is 22.8 Å². The number of carbonyl (C=O) groups excluding carboxylic acids is 3. The molecule has 0 spiro atoms. The predicted molar refractivity (Wildman–Crippen MR) is 292 cm³/mol. The lowest BCUT2D eigenvalue weighted by Crippen LogP contribution is -2.27. The van der Waals surface area contributed by atoms with E-state index in [-0.39, 0.29) is 17.5 Å². The lowest BCUT2D eigenvalue weighted by Gasteiger charge is -2.23. The van der Waals surface area contributed by atoms with Gasteiger partial charge in [-0.2, -0.15) is 11.8 Å². The number of unbranched alkanes of at least 4 members (excludes halogenated alkanes) is 6. The standard InChI is InChI=1S/2C10H13NOS.C7H11NOS.C7H13NS.C6H11NO2S2.C6H11NS2/c1-6(12)9-3-8-2-7(9)4-10(8)11-5-13;1-6(12)8-2-7-3-9(8)10(4-7)11-5-13;1-7(9)4-2-3-5-8-6-10;1-2-3-4-5-6-8-7-9;1-11(8,9)5-3-2-4-7-6-10;1-9-5-3-2-4-7-6-8/h2*7-10H,2-4H2,1H3;2-5H2,1H3;2-6H2,1H3;2-5H2,1H3;2-5H2,1H3. The third kappa shape index (κ3) is 35.9. The molecule has 8 atom stereocenters. The maximum atomic E-state index is 11.3. The first-order chi connectivity index (χ1) is 31.1. The van der Waals surface area contributed by atoms with Crippen molar-refractivity contribution in [1.29, 1.82) is 0 Å². The van der Waals surface area contributed by atoms with E-state index in [1.54, 1.807) is 20.8 Å². The Morgan fingerprint density at radius 3 is 1.49 bits per heavy atom. The van der Waals surface area contributed by atoms with Crippen LogP contribution >= 0.6 is 85.1 Å². The Labute approximate surface area is 427 Å². The van der Waals surface area contributed by atoms with Crippen LogP contribution in [0.1, 0.15) is 137 Å². The molecule has 11 nitrogen and oxygen atoms in total. The van der Waals surface area contributed by atoms with Gasteiger partial charge in [0.15, 0.2) is 0 Å². The highest BCUT2D eigenvalue weighted by Crippen LogP contribution is 2.50. The van der Waals surface area contributed by atoms with E-state index in [1.165, 1.54) is 50.5 Å². The molecule has 8 unspecified atom stereocenters. The van der Waals surface area contributed by atoms with Gasteiger partial charge >= 0.3 is 0 Å². The van der Waals surface area contributed by atoms with Gasteiger partial charge in [0, 0.05) is 56.4 Å². The number of fused-ring (bicyclic) bond motifs is 4. The molecule has 4 bridgehead atoms. The highest BCUT2D eigenvalue weighted by molar-refractivity contribution is 7.98. The number of ketones is 3. The van der Waals surface area contributed by atoms with Crippen LogP contribution in [0.3, 0.4) is 0 Å². The maximum absolute atomic E-state index is 11.3. The zero-order valence-corrected chi connectivity index (χ0v) is 45.9. The van der Waals surface area contributed by atoms with Gasteiger partial charge in [-0.15, -0.1) is 0 Å². The summed E-state index contributed by atoms with van der Waals surface area (Å²) in [6.07, 6.45) is 21.3. The van der Waals surface area contributed by atoms with Gasteiger partial charge in [0.2, 0.25) is 0 Å². The third-order valence-electron chi connectivity index (χ3n) is 11.4. The molecule has 4 aliphatic rings. The van der Waals surface area contributed by atoms with Crippen molar-refractivity contribution in [1.82, 2.24) is 0 Å². The Morgan fingerprint density at radius 2 is 1.08 bits per heavy atom. The molecule has 0 aromatic rings. The summed E-state index contributed by atoms with van der Waals surface area (Å²) in [5, 5.41) is 14.1. The van der Waals surface area contributed by atoms with Crippen molar-refractivity contribution in [3.63, 3.8) is 0 Å². The van der Waals surface area contributed by atoms with E-state index in [1.807, 2.05) is 11.8 Å². The molecule has 4 fully saturated rings. The van der Waals surface area contributed by atoms with Crippen LogP contribution in [0.5, 0.6) is 0 Å². The molecule has 0 saturated heterocycles. The van der Waals surface area contributed by atoms with Gasteiger partial charge < -0.3 is 4.79 Å². The smallest absolute Gasteiger partial charge is 0.147 e. The quantitative estimate of drug-likeness (QED) is 0.0512. The number of sulfone groups is 1. The molecule has 0 amide bonds. The van der Waals surface area contributed by atoms with Crippen LogP contribution in [0.25, 0.3) is 0 Å². The van der Waals surface area contributed by atoms with Gasteiger partial charge in [0.05, 0.1) is 43.1 Å². The fourth-order valence-corrected chi connectivity index (χ4v) is 10.2. The fourth-order valence-electron chi connectivity index (χ4n) is 8.32. The largest absolute Gasteiger partial charge is 0.300 e. The molecule has 4 rings (SSSR count). The molecular weight excluding hydrogens is 973 g/mol. The average Bonchev–Trinajstić information content (AvgIpc) is 4.07. The third-order valence-corrected chi connectivity index (χ3v) is 13.9. The highest BCUT2D eigenvalue weighted by Gasteiger charge is 2.48. The highest BCUT2D eigenvalue weighted by atomic mass is 32.2. The Morgan fingerprint density at radius 1 is 0.569 bits per heavy atom. The molecule has 0 aliphatic heterocycles. The van der Waals surface area contributed by atoms with Crippen LogP contribution in [0.15, 0.2) is 30.0 Å². The van der Waals surface area contributed by atoms with Crippen LogP contribution < -0.4 is 0 Å². The normalized spacial score (nSPS) is 22.1. The first-order valence-corrected chi connectivity index (χ1v) is 28.5. The number of aliphatic imine (C=N–C) groups is 6. The number of carbonyl (C=O) groups is 3. The lowest BCUT2D eigenvalue weighted by molar-refractivity contribution is -0.123. The van der Waals surface area contributed by atoms with E-state index >= 15 is 0 Å². The van der Waals surface area contributed by atoms with Gasteiger partial charge in [0.25, 0.3) is 0 Å². The molecule has 65 heavy (non-hydrogen) atoms. The number of nitrogens with zero attached hydrogens (tertiary/aromatic N) is 6. The fraction of sp³-hybridized carbons (Fsp3) is 0.804. The minimum absolute atomic E-state index is 0.236. The van der Waals surface area contributed by atoms with Crippen LogP contribution in [-0.4, -0.2) is 119 Å². The van der Waals surface area contributed by atoms with Crippen molar-refractivity contribution in [3.8, 4) is 0 Å². The number of Topliss-reactive ketones (excluding diaryl/α,β-unsaturated/α-hetero) is 3. The summed E-state index contributed by atoms with van der Waals surface area (Å²) in [5.41, 5.74) is 0. The van der Waals surface area contributed by atoms with Gasteiger partial charge in [-0.3, -0.25) is 9.59 Å². The van der Waals surface area contributed by atoms with E-state index in [0.29, 0.717) is 73.3 Å². The number of hydrogen-bond donors (Lipinski definition) is 0. The molecular formula is C46H72N6O5S8. The summed E-state index contributed by atoms with van der Waals surface area (Å²) in [7, 11) is -2.80. The predicted octanol–water partition coefficient (Wildman–Crippen LogP) is 11.9. The van der Waals surface area contributed by atoms with Gasteiger partial charge in [-0.25, -0.2) is 38.4 Å². The van der Waals surface area contributed by atoms with Gasteiger partial charge in [0.1, 0.15) is 27.2 Å². The second-order valence-electron chi connectivity index (χ2n) is 16.6. The molecule has 4 saturated carbocycles. The number of rotatable bonds is 24. The summed E-state index contributed by atoms with van der Waals surface area (Å²) in [5.74, 6) is 5.35. The first-order valence-electron chi connectivity index (χ1n) is 22.6. The minimum Gasteiger partial charge on any atom is -0.300 e. The number of thiocarbonyl (C=S) groups is 6. The van der Waals surface area contributed by atoms with Crippen LogP contribution in [0.2, 0.25) is 0 Å². The molecule has 19 heteroatoms. The molecule has 364 valence electrons. The Balaban J connectivity index is 0. The van der Waals surface area contributed by atoms with Gasteiger partial charge in [-0.1, -0.05) is 26.2 Å². The molecule has 0 radical (unpaired) electrons. The molecule has 0 N–H and O–H groups in total. The van der Waals surface area contributed by atoms with Crippen molar-refractivity contribution < 1.29 is 22.8 Å². The van der Waals surface area contributed by atoms with Crippen LogP contribution in [0, 0.1) is 35.5 Å².